The van der Waals surface area contributed by atoms with Gasteiger partial charge in [-0.2, -0.15) is 0 Å². The smallest absolute Gasteiger partial charge is 0.0520 e. The van der Waals surface area contributed by atoms with Crippen molar-refractivity contribution in [1.82, 2.24) is 5.43 Å². The number of halogens is 2. The number of nitrogens with one attached hydrogen (secondary N) is 1. The molecule has 2 aromatic carbocycles. The molecule has 3 nitrogen and oxygen atoms in total. The van der Waals surface area contributed by atoms with Crippen LogP contribution in [0, 0.1) is 0 Å². The standard InChI is InChI=1S/C14H15BrClN3/c15-10-3-1-9(2-4-10)7-14(19-18)12-6-5-11(16)8-13(12)17/h1-6,8,14,19H,7,17-18H2. The molecule has 0 aliphatic carbocycles. The van der Waals surface area contributed by atoms with Gasteiger partial charge in [0.25, 0.3) is 0 Å². The van der Waals surface area contributed by atoms with E-state index in [9.17, 15) is 0 Å². The lowest BCUT2D eigenvalue weighted by atomic mass is 9.98. The number of benzene rings is 2. The van der Waals surface area contributed by atoms with Crippen LogP contribution in [-0.2, 0) is 6.42 Å². The van der Waals surface area contributed by atoms with Gasteiger partial charge in [-0.15, -0.1) is 0 Å². The Morgan fingerprint density at radius 1 is 1.16 bits per heavy atom. The Hall–Kier alpha value is -1.07. The SMILES string of the molecule is NNC(Cc1ccc(Br)cc1)c1ccc(Cl)cc1N. The largest absolute Gasteiger partial charge is 0.398 e. The summed E-state index contributed by atoms with van der Waals surface area (Å²) in [7, 11) is 0. The van der Waals surface area contributed by atoms with E-state index in [2.05, 4.69) is 33.5 Å². The van der Waals surface area contributed by atoms with Gasteiger partial charge >= 0.3 is 0 Å². The topological polar surface area (TPSA) is 64.1 Å². The molecule has 5 N–H and O–H groups in total. The molecule has 19 heavy (non-hydrogen) atoms. The number of hydrogen-bond donors (Lipinski definition) is 3. The first-order valence-corrected chi connectivity index (χ1v) is 7.02. The second kappa shape index (κ2) is 6.39. The minimum Gasteiger partial charge on any atom is -0.398 e. The quantitative estimate of drug-likeness (QED) is 0.454. The highest BCUT2D eigenvalue weighted by Gasteiger charge is 2.13. The molecule has 0 heterocycles. The molecule has 2 aromatic rings. The fourth-order valence-electron chi connectivity index (χ4n) is 1.98. The summed E-state index contributed by atoms with van der Waals surface area (Å²) in [6, 6.07) is 13.5. The third-order valence-corrected chi connectivity index (χ3v) is 3.74. The van der Waals surface area contributed by atoms with Gasteiger partial charge in [0, 0.05) is 15.2 Å². The third kappa shape index (κ3) is 3.70. The average Bonchev–Trinajstić information content (AvgIpc) is 2.39. The van der Waals surface area contributed by atoms with Crippen LogP contribution in [0.3, 0.4) is 0 Å². The van der Waals surface area contributed by atoms with E-state index in [-0.39, 0.29) is 6.04 Å². The number of nitrogens with two attached hydrogens (primary N) is 2. The van der Waals surface area contributed by atoms with Crippen molar-refractivity contribution in [3.05, 3.63) is 63.1 Å². The van der Waals surface area contributed by atoms with Crippen LogP contribution in [0.5, 0.6) is 0 Å². The number of anilines is 1. The second-order valence-corrected chi connectivity index (χ2v) is 5.68. The second-order valence-electron chi connectivity index (χ2n) is 4.32. The molecule has 1 unspecified atom stereocenters. The molecule has 0 aliphatic heterocycles. The zero-order valence-electron chi connectivity index (χ0n) is 10.2. The van der Waals surface area contributed by atoms with Gasteiger partial charge in [-0.3, -0.25) is 11.3 Å². The molecule has 0 aliphatic rings. The Balaban J connectivity index is 2.22. The van der Waals surface area contributed by atoms with Crippen LogP contribution in [0.1, 0.15) is 17.2 Å². The van der Waals surface area contributed by atoms with Crippen LogP contribution >= 0.6 is 27.5 Å². The molecule has 0 aromatic heterocycles. The summed E-state index contributed by atoms with van der Waals surface area (Å²) in [5.74, 6) is 5.64. The van der Waals surface area contributed by atoms with E-state index in [0.29, 0.717) is 10.7 Å². The van der Waals surface area contributed by atoms with Crippen LogP contribution in [0.2, 0.25) is 5.02 Å². The first-order valence-electron chi connectivity index (χ1n) is 5.85. The Morgan fingerprint density at radius 3 is 2.42 bits per heavy atom. The van der Waals surface area contributed by atoms with E-state index >= 15 is 0 Å². The Bertz CT molecular complexity index is 557. The van der Waals surface area contributed by atoms with Gasteiger partial charge in [0.05, 0.1) is 6.04 Å². The van der Waals surface area contributed by atoms with Gasteiger partial charge in [-0.1, -0.05) is 45.7 Å². The van der Waals surface area contributed by atoms with Crippen molar-refractivity contribution in [2.75, 3.05) is 5.73 Å². The van der Waals surface area contributed by atoms with Crippen LogP contribution in [-0.4, -0.2) is 0 Å². The van der Waals surface area contributed by atoms with E-state index in [1.807, 2.05) is 24.3 Å². The molecule has 0 saturated heterocycles. The van der Waals surface area contributed by atoms with Crippen molar-refractivity contribution in [2.45, 2.75) is 12.5 Å². The molecule has 0 amide bonds. The van der Waals surface area contributed by atoms with Crippen molar-refractivity contribution >= 4 is 33.2 Å². The molecule has 0 radical (unpaired) electrons. The molecule has 0 fully saturated rings. The fraction of sp³-hybridized carbons (Fsp3) is 0.143. The predicted octanol–water partition coefficient (Wildman–Crippen LogP) is 3.43. The van der Waals surface area contributed by atoms with Crippen LogP contribution < -0.4 is 17.0 Å². The van der Waals surface area contributed by atoms with Crippen LogP contribution in [0.15, 0.2) is 46.9 Å². The highest BCUT2D eigenvalue weighted by atomic mass is 79.9. The van der Waals surface area contributed by atoms with Crippen molar-refractivity contribution in [2.24, 2.45) is 5.84 Å². The number of rotatable bonds is 4. The summed E-state index contributed by atoms with van der Waals surface area (Å²) < 4.78 is 1.06. The maximum Gasteiger partial charge on any atom is 0.0520 e. The maximum absolute atomic E-state index is 5.99. The van der Waals surface area contributed by atoms with Crippen molar-refractivity contribution < 1.29 is 0 Å². The van der Waals surface area contributed by atoms with E-state index in [4.69, 9.17) is 23.2 Å². The van der Waals surface area contributed by atoms with E-state index in [1.165, 1.54) is 5.56 Å². The van der Waals surface area contributed by atoms with Gasteiger partial charge in [0.2, 0.25) is 0 Å². The zero-order valence-corrected chi connectivity index (χ0v) is 12.6. The minimum atomic E-state index is -0.0431. The molecule has 100 valence electrons. The van der Waals surface area contributed by atoms with Gasteiger partial charge < -0.3 is 5.73 Å². The summed E-state index contributed by atoms with van der Waals surface area (Å²) in [5.41, 5.74) is 11.6. The molecular weight excluding hydrogens is 326 g/mol. The summed E-state index contributed by atoms with van der Waals surface area (Å²) in [6.07, 6.45) is 0.760. The van der Waals surface area contributed by atoms with Crippen molar-refractivity contribution in [3.8, 4) is 0 Å². The van der Waals surface area contributed by atoms with Gasteiger partial charge in [-0.05, 0) is 41.8 Å². The lowest BCUT2D eigenvalue weighted by Gasteiger charge is -2.18. The highest BCUT2D eigenvalue weighted by molar-refractivity contribution is 9.10. The molecule has 1 atom stereocenters. The van der Waals surface area contributed by atoms with E-state index in [0.717, 1.165) is 16.5 Å². The summed E-state index contributed by atoms with van der Waals surface area (Å²) in [4.78, 5) is 0. The monoisotopic (exact) mass is 339 g/mol. The number of hydrogen-bond acceptors (Lipinski definition) is 3. The molecule has 0 spiro atoms. The zero-order chi connectivity index (χ0) is 13.8. The third-order valence-electron chi connectivity index (χ3n) is 2.98. The lowest BCUT2D eigenvalue weighted by Crippen LogP contribution is -2.30. The van der Waals surface area contributed by atoms with E-state index in [1.54, 1.807) is 6.07 Å². The minimum absolute atomic E-state index is 0.0431. The van der Waals surface area contributed by atoms with Gasteiger partial charge in [-0.25, -0.2) is 0 Å². The van der Waals surface area contributed by atoms with Gasteiger partial charge in [0.15, 0.2) is 0 Å². The Kier molecular flexibility index (Phi) is 4.82. The normalized spacial score (nSPS) is 12.4. The fourth-order valence-corrected chi connectivity index (χ4v) is 2.42. The summed E-state index contributed by atoms with van der Waals surface area (Å²) in [6.45, 7) is 0. The predicted molar refractivity (Wildman–Crippen MR) is 83.8 cm³/mol. The number of hydrazine groups is 1. The van der Waals surface area contributed by atoms with Crippen LogP contribution in [0.4, 0.5) is 5.69 Å². The molecule has 0 saturated carbocycles. The van der Waals surface area contributed by atoms with Crippen molar-refractivity contribution in [1.29, 1.82) is 0 Å². The summed E-state index contributed by atoms with van der Waals surface area (Å²) >= 11 is 9.32. The first-order chi connectivity index (χ1) is 9.10. The molecule has 0 bridgehead atoms. The van der Waals surface area contributed by atoms with Crippen LogP contribution in [0.25, 0.3) is 0 Å². The number of nitrogen functional groups attached to an aromatic ring is 1. The first kappa shape index (κ1) is 14.3. The average molecular weight is 341 g/mol. The molecule has 5 heteroatoms. The van der Waals surface area contributed by atoms with Crippen molar-refractivity contribution in [3.63, 3.8) is 0 Å². The maximum atomic E-state index is 5.99. The molecular formula is C14H15BrClN3. The summed E-state index contributed by atoms with van der Waals surface area (Å²) in [5, 5.41) is 0.626. The highest BCUT2D eigenvalue weighted by Crippen LogP contribution is 2.26. The Morgan fingerprint density at radius 2 is 1.84 bits per heavy atom. The Labute approximate surface area is 126 Å². The van der Waals surface area contributed by atoms with E-state index < -0.39 is 0 Å². The molecule has 2 rings (SSSR count). The van der Waals surface area contributed by atoms with Gasteiger partial charge in [0.1, 0.15) is 0 Å². The lowest BCUT2D eigenvalue weighted by molar-refractivity contribution is 0.553.